The van der Waals surface area contributed by atoms with Crippen LogP contribution in [0.4, 0.5) is 8.78 Å². The smallest absolute Gasteiger partial charge is 0.162 e. The molecule has 0 aliphatic heterocycles. The lowest BCUT2D eigenvalue weighted by atomic mass is 9.93. The number of hydrogen-bond donors (Lipinski definition) is 0. The van der Waals surface area contributed by atoms with Gasteiger partial charge in [-0.1, -0.05) is 25.0 Å². The Hall–Kier alpha value is -1.90. The molecule has 1 aliphatic rings. The van der Waals surface area contributed by atoms with Crippen molar-refractivity contribution in [2.45, 2.75) is 31.6 Å². The van der Waals surface area contributed by atoms with Crippen LogP contribution in [-0.2, 0) is 0 Å². The number of benzene rings is 2. The molecule has 0 atom stereocenters. The minimum absolute atomic E-state index is 0.421. The summed E-state index contributed by atoms with van der Waals surface area (Å²) in [6.45, 7) is 0. The van der Waals surface area contributed by atoms with Crippen molar-refractivity contribution in [3.05, 3.63) is 47.5 Å². The molecule has 1 nitrogen and oxygen atoms in total. The second-order valence-electron chi connectivity index (χ2n) is 5.57. The van der Waals surface area contributed by atoms with Crippen LogP contribution in [0.25, 0.3) is 21.9 Å². The summed E-state index contributed by atoms with van der Waals surface area (Å²) in [6, 6.07) is 8.32. The first-order chi connectivity index (χ1) is 9.74. The van der Waals surface area contributed by atoms with Gasteiger partial charge in [0.05, 0.1) is 0 Å². The predicted molar refractivity (Wildman–Crippen MR) is 74.8 cm³/mol. The molecule has 3 aromatic rings. The van der Waals surface area contributed by atoms with Crippen LogP contribution >= 0.6 is 0 Å². The van der Waals surface area contributed by atoms with Crippen molar-refractivity contribution in [1.82, 2.24) is 0 Å². The molecular weight excluding hydrogens is 258 g/mol. The topological polar surface area (TPSA) is 13.1 Å². The fraction of sp³-hybridized carbons (Fsp3) is 0.294. The van der Waals surface area contributed by atoms with Crippen molar-refractivity contribution >= 4 is 21.9 Å². The number of halogens is 2. The standard InChI is InChI=1S/C17H14F2O/c18-13-8-12-16(9-14(13)19)20-15-7-3-6-11(17(12)15)10-4-1-2-5-10/h3,6-10H,1-2,4-5H2. The summed E-state index contributed by atoms with van der Waals surface area (Å²) in [5.74, 6) is -1.17. The molecule has 2 aromatic carbocycles. The molecule has 0 saturated heterocycles. The average molecular weight is 272 g/mol. The Morgan fingerprint density at radius 3 is 2.50 bits per heavy atom. The van der Waals surface area contributed by atoms with E-state index in [0.717, 1.165) is 29.9 Å². The molecule has 1 heterocycles. The highest BCUT2D eigenvalue weighted by molar-refractivity contribution is 6.07. The van der Waals surface area contributed by atoms with Gasteiger partial charge in [0.2, 0.25) is 0 Å². The third kappa shape index (κ3) is 1.65. The molecular formula is C17H14F2O. The molecule has 0 bridgehead atoms. The quantitative estimate of drug-likeness (QED) is 0.568. The van der Waals surface area contributed by atoms with Crippen molar-refractivity contribution < 1.29 is 13.2 Å². The van der Waals surface area contributed by atoms with Gasteiger partial charge in [0.25, 0.3) is 0 Å². The second kappa shape index (κ2) is 4.30. The minimum atomic E-state index is -0.862. The minimum Gasteiger partial charge on any atom is -0.456 e. The summed E-state index contributed by atoms with van der Waals surface area (Å²) in [4.78, 5) is 0. The number of rotatable bonds is 1. The van der Waals surface area contributed by atoms with Crippen molar-refractivity contribution in [2.75, 3.05) is 0 Å². The highest BCUT2D eigenvalue weighted by atomic mass is 19.2. The Kier molecular flexibility index (Phi) is 2.56. The Labute approximate surface area is 115 Å². The summed E-state index contributed by atoms with van der Waals surface area (Å²) in [6.07, 6.45) is 4.80. The molecule has 0 spiro atoms. The van der Waals surface area contributed by atoms with Gasteiger partial charge in [-0.15, -0.1) is 0 Å². The van der Waals surface area contributed by atoms with Gasteiger partial charge in [0.15, 0.2) is 11.6 Å². The number of hydrogen-bond acceptors (Lipinski definition) is 1. The summed E-state index contributed by atoms with van der Waals surface area (Å²) < 4.78 is 32.6. The monoisotopic (exact) mass is 272 g/mol. The Balaban J connectivity index is 2.07. The first-order valence-electron chi connectivity index (χ1n) is 7.04. The van der Waals surface area contributed by atoms with E-state index >= 15 is 0 Å². The molecule has 0 amide bonds. The third-order valence-corrected chi connectivity index (χ3v) is 4.37. The van der Waals surface area contributed by atoms with Crippen LogP contribution in [-0.4, -0.2) is 0 Å². The Morgan fingerprint density at radius 2 is 1.70 bits per heavy atom. The SMILES string of the molecule is Fc1cc2oc3cccc(C4CCCC4)c3c2cc1F. The number of fused-ring (bicyclic) bond motifs is 3. The van der Waals surface area contributed by atoms with E-state index in [1.54, 1.807) is 0 Å². The van der Waals surface area contributed by atoms with Gasteiger partial charge < -0.3 is 4.42 Å². The van der Waals surface area contributed by atoms with Crippen LogP contribution in [0, 0.1) is 11.6 Å². The van der Waals surface area contributed by atoms with Crippen LogP contribution in [0.5, 0.6) is 0 Å². The Bertz CT molecular complexity index is 797. The van der Waals surface area contributed by atoms with E-state index in [4.69, 9.17) is 4.42 Å². The van der Waals surface area contributed by atoms with Crippen LogP contribution < -0.4 is 0 Å². The summed E-state index contributed by atoms with van der Waals surface area (Å²) in [7, 11) is 0. The van der Waals surface area contributed by atoms with Crippen molar-refractivity contribution in [2.24, 2.45) is 0 Å². The molecule has 0 unspecified atom stereocenters. The molecule has 3 heteroatoms. The predicted octanol–water partition coefficient (Wildman–Crippen LogP) is 5.52. The fourth-order valence-electron chi connectivity index (χ4n) is 3.43. The van der Waals surface area contributed by atoms with E-state index in [0.29, 0.717) is 16.9 Å². The molecule has 4 rings (SSSR count). The van der Waals surface area contributed by atoms with E-state index in [-0.39, 0.29) is 0 Å². The van der Waals surface area contributed by atoms with Gasteiger partial charge in [-0.3, -0.25) is 0 Å². The molecule has 20 heavy (non-hydrogen) atoms. The largest absolute Gasteiger partial charge is 0.456 e. The first kappa shape index (κ1) is 11.9. The summed E-state index contributed by atoms with van der Waals surface area (Å²) in [5.41, 5.74) is 2.35. The van der Waals surface area contributed by atoms with Crippen LogP contribution in [0.3, 0.4) is 0 Å². The fourth-order valence-corrected chi connectivity index (χ4v) is 3.43. The van der Waals surface area contributed by atoms with E-state index in [9.17, 15) is 8.78 Å². The molecule has 1 aliphatic carbocycles. The normalized spacial score (nSPS) is 16.5. The van der Waals surface area contributed by atoms with Gasteiger partial charge in [-0.2, -0.15) is 0 Å². The molecule has 1 aromatic heterocycles. The third-order valence-electron chi connectivity index (χ3n) is 4.37. The molecule has 0 N–H and O–H groups in total. The maximum atomic E-state index is 13.5. The maximum Gasteiger partial charge on any atom is 0.162 e. The van der Waals surface area contributed by atoms with Gasteiger partial charge in [0.1, 0.15) is 11.2 Å². The zero-order chi connectivity index (χ0) is 13.7. The van der Waals surface area contributed by atoms with Crippen molar-refractivity contribution in [1.29, 1.82) is 0 Å². The summed E-state index contributed by atoms with van der Waals surface area (Å²) in [5, 5.41) is 1.63. The molecule has 1 saturated carbocycles. The lowest BCUT2D eigenvalue weighted by Crippen LogP contribution is -1.92. The first-order valence-corrected chi connectivity index (χ1v) is 7.04. The van der Waals surface area contributed by atoms with Gasteiger partial charge >= 0.3 is 0 Å². The highest BCUT2D eigenvalue weighted by Gasteiger charge is 2.22. The van der Waals surface area contributed by atoms with Gasteiger partial charge in [-0.05, 0) is 36.5 Å². The summed E-state index contributed by atoms with van der Waals surface area (Å²) >= 11 is 0. The van der Waals surface area contributed by atoms with Crippen LogP contribution in [0.15, 0.2) is 34.7 Å². The maximum absolute atomic E-state index is 13.5. The van der Waals surface area contributed by atoms with Gasteiger partial charge in [0, 0.05) is 16.8 Å². The van der Waals surface area contributed by atoms with E-state index < -0.39 is 11.6 Å². The molecule has 0 radical (unpaired) electrons. The van der Waals surface area contributed by atoms with E-state index in [1.807, 2.05) is 12.1 Å². The lowest BCUT2D eigenvalue weighted by Gasteiger charge is -2.10. The lowest BCUT2D eigenvalue weighted by molar-refractivity contribution is 0.508. The number of furan rings is 1. The second-order valence-corrected chi connectivity index (χ2v) is 5.57. The molecule has 1 fully saturated rings. The van der Waals surface area contributed by atoms with Gasteiger partial charge in [-0.25, -0.2) is 8.78 Å². The Morgan fingerprint density at radius 1 is 0.950 bits per heavy atom. The van der Waals surface area contributed by atoms with E-state index in [2.05, 4.69) is 6.07 Å². The zero-order valence-corrected chi connectivity index (χ0v) is 11.0. The molecule has 102 valence electrons. The van der Waals surface area contributed by atoms with Crippen molar-refractivity contribution in [3.63, 3.8) is 0 Å². The van der Waals surface area contributed by atoms with E-state index in [1.165, 1.54) is 24.5 Å². The highest BCUT2D eigenvalue weighted by Crippen LogP contribution is 2.41. The zero-order valence-electron chi connectivity index (χ0n) is 11.0. The van der Waals surface area contributed by atoms with Crippen LogP contribution in [0.2, 0.25) is 0 Å². The van der Waals surface area contributed by atoms with Crippen molar-refractivity contribution in [3.8, 4) is 0 Å². The average Bonchev–Trinajstić information content (AvgIpc) is 3.06. The van der Waals surface area contributed by atoms with Crippen LogP contribution in [0.1, 0.15) is 37.2 Å².